The third kappa shape index (κ3) is 3.08. The van der Waals surface area contributed by atoms with Crippen LogP contribution in [0.1, 0.15) is 51.2 Å². The summed E-state index contributed by atoms with van der Waals surface area (Å²) in [5.74, 6) is 1.19. The first-order chi connectivity index (χ1) is 12.0. The molecule has 7 heteroatoms. The van der Waals surface area contributed by atoms with E-state index in [0.29, 0.717) is 12.5 Å². The molecule has 2 fully saturated rings. The van der Waals surface area contributed by atoms with Gasteiger partial charge >= 0.3 is 0 Å². The maximum Gasteiger partial charge on any atom is 0.219 e. The Kier molecular flexibility index (Phi) is 4.11. The second-order valence-electron chi connectivity index (χ2n) is 7.41. The Bertz CT molecular complexity index is 785. The van der Waals surface area contributed by atoms with Gasteiger partial charge in [0.2, 0.25) is 5.91 Å². The zero-order valence-corrected chi connectivity index (χ0v) is 14.7. The number of fused-ring (bicyclic) bond motifs is 1. The van der Waals surface area contributed by atoms with E-state index in [1.165, 1.54) is 6.33 Å². The molecule has 25 heavy (non-hydrogen) atoms. The van der Waals surface area contributed by atoms with Gasteiger partial charge in [0.25, 0.3) is 0 Å². The van der Waals surface area contributed by atoms with Crippen LogP contribution in [0.4, 0.5) is 5.82 Å². The molecule has 1 saturated carbocycles. The zero-order valence-electron chi connectivity index (χ0n) is 14.7. The molecule has 3 N–H and O–H groups in total. The van der Waals surface area contributed by atoms with Crippen molar-refractivity contribution in [2.75, 3.05) is 11.9 Å². The molecular formula is C18H25N5O2. The fourth-order valence-corrected chi connectivity index (χ4v) is 3.85. The normalized spacial score (nSPS) is 25.2. The van der Waals surface area contributed by atoms with Crippen molar-refractivity contribution in [1.82, 2.24) is 19.9 Å². The SMILES string of the molecule is CC(=O)N1C[C@H](Nc2ncnc3[nH]cc([C@H](O)C4CC4)c23)CC[C@@H]1C. The number of aromatic nitrogens is 3. The monoisotopic (exact) mass is 343 g/mol. The number of H-pyrrole nitrogens is 1. The number of aliphatic hydroxyl groups is 1. The van der Waals surface area contributed by atoms with Gasteiger partial charge in [0.15, 0.2) is 0 Å². The summed E-state index contributed by atoms with van der Waals surface area (Å²) in [6.07, 6.45) is 7.00. The van der Waals surface area contributed by atoms with E-state index in [9.17, 15) is 9.90 Å². The topological polar surface area (TPSA) is 94.1 Å². The van der Waals surface area contributed by atoms with Crippen LogP contribution in [-0.4, -0.2) is 49.5 Å². The summed E-state index contributed by atoms with van der Waals surface area (Å²) in [7, 11) is 0. The van der Waals surface area contributed by atoms with Crippen molar-refractivity contribution >= 4 is 22.8 Å². The number of nitrogens with zero attached hydrogens (tertiary/aromatic N) is 3. The van der Waals surface area contributed by atoms with Crippen molar-refractivity contribution in [1.29, 1.82) is 0 Å². The highest BCUT2D eigenvalue weighted by Gasteiger charge is 2.33. The molecule has 0 spiro atoms. The first kappa shape index (κ1) is 16.3. The maximum absolute atomic E-state index is 11.8. The van der Waals surface area contributed by atoms with E-state index >= 15 is 0 Å². The van der Waals surface area contributed by atoms with E-state index < -0.39 is 6.10 Å². The van der Waals surface area contributed by atoms with Crippen molar-refractivity contribution in [2.45, 2.75) is 57.7 Å². The van der Waals surface area contributed by atoms with Gasteiger partial charge in [0, 0.05) is 37.3 Å². The molecule has 0 radical (unpaired) electrons. The number of rotatable bonds is 4. The standard InChI is InChI=1S/C18H25N5O2/c1-10-3-6-13(8-23(10)11(2)24)22-18-15-14(16(25)12-4-5-12)7-19-17(15)20-9-21-18/h7,9-10,12-13,16,25H,3-6,8H2,1-2H3,(H2,19,20,21,22)/t10-,13+,16+/m0/s1. The first-order valence-electron chi connectivity index (χ1n) is 9.08. The predicted molar refractivity (Wildman–Crippen MR) is 95.1 cm³/mol. The summed E-state index contributed by atoms with van der Waals surface area (Å²) >= 11 is 0. The third-order valence-corrected chi connectivity index (χ3v) is 5.51. The van der Waals surface area contributed by atoms with Gasteiger partial charge in [0.1, 0.15) is 17.8 Å². The van der Waals surface area contributed by atoms with Gasteiger partial charge in [-0.2, -0.15) is 0 Å². The lowest BCUT2D eigenvalue weighted by molar-refractivity contribution is -0.132. The molecule has 134 valence electrons. The molecular weight excluding hydrogens is 318 g/mol. The van der Waals surface area contributed by atoms with Crippen LogP contribution in [0.15, 0.2) is 12.5 Å². The van der Waals surface area contributed by atoms with Crippen molar-refractivity contribution in [3.8, 4) is 0 Å². The Morgan fingerprint density at radius 2 is 2.16 bits per heavy atom. The van der Waals surface area contributed by atoms with Gasteiger partial charge in [-0.15, -0.1) is 0 Å². The minimum absolute atomic E-state index is 0.110. The molecule has 2 aromatic heterocycles. The molecule has 1 aliphatic heterocycles. The summed E-state index contributed by atoms with van der Waals surface area (Å²) in [6.45, 7) is 4.39. The average Bonchev–Trinajstić information content (AvgIpc) is 3.35. The molecule has 2 aromatic rings. The number of amides is 1. The third-order valence-electron chi connectivity index (χ3n) is 5.51. The van der Waals surface area contributed by atoms with Crippen LogP contribution >= 0.6 is 0 Å². The lowest BCUT2D eigenvalue weighted by Crippen LogP contribution is -2.49. The Balaban J connectivity index is 1.61. The molecule has 7 nitrogen and oxygen atoms in total. The Morgan fingerprint density at radius 1 is 1.36 bits per heavy atom. The highest BCUT2D eigenvalue weighted by molar-refractivity contribution is 5.90. The van der Waals surface area contributed by atoms with Crippen LogP contribution in [0.25, 0.3) is 11.0 Å². The molecule has 2 aliphatic rings. The van der Waals surface area contributed by atoms with Gasteiger partial charge in [0.05, 0.1) is 11.5 Å². The van der Waals surface area contributed by atoms with Gasteiger partial charge < -0.3 is 20.3 Å². The van der Waals surface area contributed by atoms with E-state index in [1.54, 1.807) is 6.92 Å². The molecule has 0 unspecified atom stereocenters. The Hall–Kier alpha value is -2.15. The van der Waals surface area contributed by atoms with Gasteiger partial charge in [-0.3, -0.25) is 4.79 Å². The number of anilines is 1. The molecule has 1 saturated heterocycles. The quantitative estimate of drug-likeness (QED) is 0.791. The molecule has 0 bridgehead atoms. The number of nitrogens with one attached hydrogen (secondary N) is 2. The van der Waals surface area contributed by atoms with Crippen LogP contribution in [0.2, 0.25) is 0 Å². The van der Waals surface area contributed by atoms with Crippen molar-refractivity contribution in [2.24, 2.45) is 5.92 Å². The smallest absolute Gasteiger partial charge is 0.219 e. The molecule has 0 aromatic carbocycles. The number of piperidine rings is 1. The van der Waals surface area contributed by atoms with Crippen LogP contribution in [0, 0.1) is 5.92 Å². The number of hydrogen-bond acceptors (Lipinski definition) is 5. The Labute approximate surface area is 146 Å². The highest BCUT2D eigenvalue weighted by atomic mass is 16.3. The number of carbonyl (C=O) groups excluding carboxylic acids is 1. The van der Waals surface area contributed by atoms with Crippen molar-refractivity contribution in [3.63, 3.8) is 0 Å². The maximum atomic E-state index is 11.8. The van der Waals surface area contributed by atoms with E-state index in [2.05, 4.69) is 27.2 Å². The van der Waals surface area contributed by atoms with E-state index in [1.807, 2.05) is 11.1 Å². The highest BCUT2D eigenvalue weighted by Crippen LogP contribution is 2.43. The summed E-state index contributed by atoms with van der Waals surface area (Å²) in [4.78, 5) is 25.6. The number of likely N-dealkylation sites (tertiary alicyclic amines) is 1. The van der Waals surface area contributed by atoms with Crippen molar-refractivity contribution in [3.05, 3.63) is 18.1 Å². The van der Waals surface area contributed by atoms with E-state index in [0.717, 1.165) is 48.1 Å². The fourth-order valence-electron chi connectivity index (χ4n) is 3.85. The first-order valence-corrected chi connectivity index (χ1v) is 9.08. The second-order valence-corrected chi connectivity index (χ2v) is 7.41. The molecule has 1 aliphatic carbocycles. The number of aliphatic hydroxyl groups excluding tert-OH is 1. The van der Waals surface area contributed by atoms with Crippen LogP contribution in [0.5, 0.6) is 0 Å². The van der Waals surface area contributed by atoms with Crippen LogP contribution in [-0.2, 0) is 4.79 Å². The molecule has 4 rings (SSSR count). The molecule has 3 atom stereocenters. The van der Waals surface area contributed by atoms with Crippen molar-refractivity contribution < 1.29 is 9.90 Å². The summed E-state index contributed by atoms with van der Waals surface area (Å²) in [5.41, 5.74) is 1.60. The predicted octanol–water partition coefficient (Wildman–Crippen LogP) is 2.21. The summed E-state index contributed by atoms with van der Waals surface area (Å²) in [5, 5.41) is 14.9. The summed E-state index contributed by atoms with van der Waals surface area (Å²) < 4.78 is 0. The lowest BCUT2D eigenvalue weighted by Gasteiger charge is -2.38. The average molecular weight is 343 g/mol. The minimum Gasteiger partial charge on any atom is -0.388 e. The van der Waals surface area contributed by atoms with Crippen LogP contribution < -0.4 is 5.32 Å². The molecule has 3 heterocycles. The van der Waals surface area contributed by atoms with Gasteiger partial charge in [-0.1, -0.05) is 0 Å². The van der Waals surface area contributed by atoms with E-state index in [4.69, 9.17) is 0 Å². The molecule has 1 amide bonds. The summed E-state index contributed by atoms with van der Waals surface area (Å²) in [6, 6.07) is 0.430. The van der Waals surface area contributed by atoms with Gasteiger partial charge in [-0.25, -0.2) is 9.97 Å². The van der Waals surface area contributed by atoms with Crippen LogP contribution in [0.3, 0.4) is 0 Å². The second kappa shape index (κ2) is 6.29. The van der Waals surface area contributed by atoms with Gasteiger partial charge in [-0.05, 0) is 38.5 Å². The number of hydrogen-bond donors (Lipinski definition) is 3. The minimum atomic E-state index is -0.472. The lowest BCUT2D eigenvalue weighted by atomic mass is 9.99. The largest absolute Gasteiger partial charge is 0.388 e. The number of carbonyl (C=O) groups is 1. The van der Waals surface area contributed by atoms with E-state index in [-0.39, 0.29) is 18.0 Å². The fraction of sp³-hybridized carbons (Fsp3) is 0.611. The zero-order chi connectivity index (χ0) is 17.6. The Morgan fingerprint density at radius 3 is 2.88 bits per heavy atom. The number of aromatic amines is 1.